The Hall–Kier alpha value is 0.0569. The van der Waals surface area contributed by atoms with Crippen molar-refractivity contribution < 1.29 is 0 Å². The molecule has 0 aliphatic carbocycles. The second kappa shape index (κ2) is 10.2. The van der Waals surface area contributed by atoms with Crippen molar-refractivity contribution in [3.8, 4) is 0 Å². The molecule has 2 N–H and O–H groups in total. The van der Waals surface area contributed by atoms with Crippen LogP contribution >= 0.6 is 0 Å². The van der Waals surface area contributed by atoms with Crippen molar-refractivity contribution in [2.75, 3.05) is 39.4 Å². The molecule has 0 amide bonds. The molecule has 0 aliphatic rings. The first-order chi connectivity index (χ1) is 7.74. The fourth-order valence-electron chi connectivity index (χ4n) is 2.11. The molecule has 0 unspecified atom stereocenters. The molecule has 0 aromatic rings. The third-order valence-corrected chi connectivity index (χ3v) is 3.45. The predicted octanol–water partition coefficient (Wildman–Crippen LogP) is -0.587. The van der Waals surface area contributed by atoms with Crippen LogP contribution in [0.3, 0.4) is 0 Å². The first-order valence-electron chi connectivity index (χ1n) is 6.58. The van der Waals surface area contributed by atoms with E-state index in [2.05, 4.69) is 47.8 Å². The summed E-state index contributed by atoms with van der Waals surface area (Å²) in [5.74, 6) is 0. The van der Waals surface area contributed by atoms with Gasteiger partial charge in [0.2, 0.25) is 0 Å². The largest absolute Gasteiger partial charge is 0.334 e. The van der Waals surface area contributed by atoms with Crippen LogP contribution in [-0.2, 0) is 0 Å². The van der Waals surface area contributed by atoms with Crippen LogP contribution in [0.15, 0.2) is 0 Å². The van der Waals surface area contributed by atoms with Gasteiger partial charge < -0.3 is 10.3 Å². The third kappa shape index (κ3) is 5.40. The van der Waals surface area contributed by atoms with Gasteiger partial charge in [0.15, 0.2) is 0 Å². The van der Waals surface area contributed by atoms with Crippen molar-refractivity contribution in [3.63, 3.8) is 0 Å². The molecule has 0 atom stereocenters. The lowest BCUT2D eigenvalue weighted by Gasteiger charge is -2.38. The van der Waals surface area contributed by atoms with Gasteiger partial charge in [-0.3, -0.25) is 9.80 Å². The minimum atomic E-state index is 0.528. The molecule has 0 aromatic heterocycles. The van der Waals surface area contributed by atoms with E-state index in [0.29, 0.717) is 6.17 Å². The van der Waals surface area contributed by atoms with Crippen molar-refractivity contribution in [2.45, 2.75) is 33.9 Å². The highest BCUT2D eigenvalue weighted by Gasteiger charge is 2.20. The van der Waals surface area contributed by atoms with Gasteiger partial charge >= 0.3 is 0 Å². The molecule has 4 nitrogen and oxygen atoms in total. The Morgan fingerprint density at radius 3 is 1.69 bits per heavy atom. The van der Waals surface area contributed by atoms with E-state index < -0.39 is 0 Å². The highest BCUT2D eigenvalue weighted by atomic mass is 28.2. The normalized spacial score (nSPS) is 12.2. The number of nitrogens with one attached hydrogen (secondary N) is 2. The van der Waals surface area contributed by atoms with Crippen LogP contribution in [0.2, 0.25) is 0 Å². The monoisotopic (exact) mass is 246 g/mol. The number of rotatable bonds is 10. The summed E-state index contributed by atoms with van der Waals surface area (Å²) in [6.45, 7) is 15.4. The molecule has 0 aliphatic heterocycles. The molecule has 0 spiro atoms. The van der Waals surface area contributed by atoms with Crippen molar-refractivity contribution in [2.24, 2.45) is 0 Å². The number of nitrogens with zero attached hydrogens (tertiary/aromatic N) is 2. The molecule has 0 saturated heterocycles. The molecule has 0 heterocycles. The van der Waals surface area contributed by atoms with E-state index in [1.165, 1.54) is 0 Å². The lowest BCUT2D eigenvalue weighted by Crippen LogP contribution is -2.54. The Bertz CT molecular complexity index is 137. The lowest BCUT2D eigenvalue weighted by atomic mass is 10.3. The van der Waals surface area contributed by atoms with Gasteiger partial charge in [-0.15, -0.1) is 0 Å². The Morgan fingerprint density at radius 2 is 1.38 bits per heavy atom. The van der Waals surface area contributed by atoms with Crippen molar-refractivity contribution in [1.29, 1.82) is 0 Å². The fraction of sp³-hybridized carbons (Fsp3) is 1.00. The van der Waals surface area contributed by atoms with Crippen LogP contribution in [0.4, 0.5) is 0 Å². The summed E-state index contributed by atoms with van der Waals surface area (Å²) in [4.78, 5) is 8.31. The van der Waals surface area contributed by atoms with Crippen molar-refractivity contribution in [1.82, 2.24) is 20.1 Å². The zero-order valence-corrected chi connectivity index (χ0v) is 13.7. The van der Waals surface area contributed by atoms with Crippen LogP contribution in [0.1, 0.15) is 27.7 Å². The molecule has 0 radical (unpaired) electrons. The summed E-state index contributed by atoms with van der Waals surface area (Å²) >= 11 is 0. The predicted molar refractivity (Wildman–Crippen MR) is 75.6 cm³/mol. The van der Waals surface area contributed by atoms with Gasteiger partial charge in [-0.1, -0.05) is 27.7 Å². The molecule has 0 aromatic carbocycles. The molecule has 0 bridgehead atoms. The van der Waals surface area contributed by atoms with E-state index in [0.717, 1.165) is 49.8 Å². The molecule has 0 rings (SSSR count). The van der Waals surface area contributed by atoms with Crippen LogP contribution < -0.4 is 10.3 Å². The maximum absolute atomic E-state index is 3.47. The maximum atomic E-state index is 3.47. The molecule has 0 saturated carbocycles. The van der Waals surface area contributed by atoms with E-state index in [1.54, 1.807) is 0 Å². The standard InChI is InChI=1S/C11H30N4Si/c1-5-14(6-2)11(9-12-10-13-16)15(7-3)8-4/h11-13H,5-10H2,1-4,16H3. The van der Waals surface area contributed by atoms with Gasteiger partial charge in [0, 0.05) is 13.2 Å². The number of likely N-dealkylation sites (N-methyl/N-ethyl adjacent to an activating group) is 2. The molecular weight excluding hydrogens is 216 g/mol. The topological polar surface area (TPSA) is 30.5 Å². The van der Waals surface area contributed by atoms with Crippen LogP contribution in [0, 0.1) is 0 Å². The van der Waals surface area contributed by atoms with Crippen LogP contribution in [0.25, 0.3) is 0 Å². The van der Waals surface area contributed by atoms with E-state index in [9.17, 15) is 0 Å². The van der Waals surface area contributed by atoms with Gasteiger partial charge in [-0.05, 0) is 26.2 Å². The fourth-order valence-corrected chi connectivity index (χ4v) is 2.36. The zero-order chi connectivity index (χ0) is 12.4. The average Bonchev–Trinajstić information content (AvgIpc) is 2.31. The minimum absolute atomic E-state index is 0.528. The number of hydrogen-bond acceptors (Lipinski definition) is 4. The number of hydrogen-bond donors (Lipinski definition) is 2. The highest BCUT2D eigenvalue weighted by Crippen LogP contribution is 2.05. The summed E-state index contributed by atoms with van der Waals surface area (Å²) in [5.41, 5.74) is 0. The quantitative estimate of drug-likeness (QED) is 0.307. The van der Waals surface area contributed by atoms with Crippen molar-refractivity contribution in [3.05, 3.63) is 0 Å². The lowest BCUT2D eigenvalue weighted by molar-refractivity contribution is 0.0567. The van der Waals surface area contributed by atoms with Gasteiger partial charge in [0.05, 0.1) is 16.6 Å². The van der Waals surface area contributed by atoms with Crippen molar-refractivity contribution >= 4 is 10.4 Å². The third-order valence-electron chi connectivity index (χ3n) is 3.10. The first kappa shape index (κ1) is 16.1. The maximum Gasteiger partial charge on any atom is 0.0764 e. The SMILES string of the molecule is CCN(CC)C(CNCN[SiH3])N(CC)CC. The smallest absolute Gasteiger partial charge is 0.0764 e. The molecule has 0 fully saturated rings. The highest BCUT2D eigenvalue weighted by molar-refractivity contribution is 6.04. The van der Waals surface area contributed by atoms with Gasteiger partial charge in [-0.2, -0.15) is 0 Å². The summed E-state index contributed by atoms with van der Waals surface area (Å²) in [7, 11) is 1.06. The molecule has 5 heteroatoms. The second-order valence-corrected chi connectivity index (χ2v) is 4.61. The second-order valence-electron chi connectivity index (χ2n) is 3.91. The molecular formula is C11H30N4Si. The summed E-state index contributed by atoms with van der Waals surface area (Å²) in [6.07, 6.45) is 0.528. The Labute approximate surface area is 104 Å². The van der Waals surface area contributed by atoms with E-state index >= 15 is 0 Å². The first-order valence-corrected chi connectivity index (χ1v) is 7.58. The molecule has 16 heavy (non-hydrogen) atoms. The minimum Gasteiger partial charge on any atom is -0.334 e. The zero-order valence-electron chi connectivity index (χ0n) is 11.7. The van der Waals surface area contributed by atoms with E-state index in [1.807, 2.05) is 0 Å². The van der Waals surface area contributed by atoms with Crippen LogP contribution in [0.5, 0.6) is 0 Å². The Kier molecular flexibility index (Phi) is 10.3. The summed E-state index contributed by atoms with van der Waals surface area (Å²) in [6, 6.07) is 0. The van der Waals surface area contributed by atoms with Gasteiger partial charge in [0.25, 0.3) is 0 Å². The van der Waals surface area contributed by atoms with Gasteiger partial charge in [-0.25, -0.2) is 0 Å². The van der Waals surface area contributed by atoms with E-state index in [-0.39, 0.29) is 0 Å². The Morgan fingerprint density at radius 1 is 0.938 bits per heavy atom. The summed E-state index contributed by atoms with van der Waals surface area (Å²) < 4.78 is 0. The van der Waals surface area contributed by atoms with E-state index in [4.69, 9.17) is 0 Å². The average molecular weight is 246 g/mol. The Balaban J connectivity index is 4.34. The summed E-state index contributed by atoms with van der Waals surface area (Å²) in [5, 5.41) is 3.47. The van der Waals surface area contributed by atoms with Gasteiger partial charge in [0.1, 0.15) is 0 Å². The molecule has 98 valence electrons. The van der Waals surface area contributed by atoms with Crippen LogP contribution in [-0.4, -0.2) is 65.8 Å².